The lowest BCUT2D eigenvalue weighted by Gasteiger charge is -2.36. The van der Waals surface area contributed by atoms with Crippen LogP contribution in [0.15, 0.2) is 35.3 Å². The van der Waals surface area contributed by atoms with Crippen LogP contribution in [-0.2, 0) is 16.0 Å². The molecule has 0 spiro atoms. The predicted octanol–water partition coefficient (Wildman–Crippen LogP) is 1.63. The lowest BCUT2D eigenvalue weighted by atomic mass is 10.1. The Balaban J connectivity index is 0.00000231. The van der Waals surface area contributed by atoms with Crippen LogP contribution in [0.1, 0.15) is 18.4 Å². The maximum absolute atomic E-state index is 6.14. The number of aliphatic imine (C=N–C) groups is 1. The molecule has 0 radical (unpaired) electrons. The molecule has 0 aromatic heterocycles. The quantitative estimate of drug-likeness (QED) is 0.356. The molecule has 1 aromatic carbocycles. The van der Waals surface area contributed by atoms with E-state index in [1.165, 1.54) is 24.9 Å². The summed E-state index contributed by atoms with van der Waals surface area (Å²) in [4.78, 5) is 12.1. The topological polar surface area (TPSA) is 52.6 Å². The first kappa shape index (κ1) is 23.2. The third-order valence-corrected chi connectivity index (χ3v) is 7.11. The van der Waals surface area contributed by atoms with Crippen molar-refractivity contribution in [1.29, 1.82) is 0 Å². The van der Waals surface area contributed by atoms with Crippen molar-refractivity contribution in [2.24, 2.45) is 4.99 Å². The summed E-state index contributed by atoms with van der Waals surface area (Å²) in [6, 6.07) is 11.8. The van der Waals surface area contributed by atoms with E-state index in [0.717, 1.165) is 58.4 Å². The molecule has 4 atom stereocenters. The zero-order valence-electron chi connectivity index (χ0n) is 18.5. The number of fused-ring (bicyclic) bond motifs is 2. The maximum Gasteiger partial charge on any atom is 0.193 e. The molecule has 5 rings (SSSR count). The highest BCUT2D eigenvalue weighted by Gasteiger charge is 2.41. The van der Waals surface area contributed by atoms with Crippen molar-refractivity contribution in [1.82, 2.24) is 20.0 Å². The van der Waals surface area contributed by atoms with Gasteiger partial charge in [-0.2, -0.15) is 0 Å². The van der Waals surface area contributed by atoms with Gasteiger partial charge in [-0.1, -0.05) is 30.3 Å². The standard InChI is InChI=1S/C23H35N5O2.HI/c1-24-23(25-12-20-14-26-9-5-8-19(26)17-30-20)28-15-21-22(16-28)29-11-10-27(21)13-18-6-3-2-4-7-18;/h2-4,6-7,19-22H,5,8-17H2,1H3,(H,24,25);1H. The molecule has 1 aromatic rings. The fourth-order valence-corrected chi connectivity index (χ4v) is 5.49. The number of likely N-dealkylation sites (tertiary alicyclic amines) is 1. The van der Waals surface area contributed by atoms with Gasteiger partial charge in [-0.25, -0.2) is 0 Å². The first-order chi connectivity index (χ1) is 14.8. The van der Waals surface area contributed by atoms with E-state index in [-0.39, 0.29) is 36.2 Å². The van der Waals surface area contributed by atoms with Crippen molar-refractivity contribution in [3.63, 3.8) is 0 Å². The molecule has 4 unspecified atom stereocenters. The first-order valence-corrected chi connectivity index (χ1v) is 11.5. The van der Waals surface area contributed by atoms with Crippen LogP contribution in [0.5, 0.6) is 0 Å². The Labute approximate surface area is 203 Å². The molecule has 0 amide bonds. The van der Waals surface area contributed by atoms with Crippen molar-refractivity contribution < 1.29 is 9.47 Å². The molecular formula is C23H36IN5O2. The van der Waals surface area contributed by atoms with Crippen LogP contribution in [0.3, 0.4) is 0 Å². The Morgan fingerprint density at radius 1 is 1.13 bits per heavy atom. The van der Waals surface area contributed by atoms with Gasteiger partial charge in [0.2, 0.25) is 0 Å². The van der Waals surface area contributed by atoms with Gasteiger partial charge in [0.1, 0.15) is 0 Å². The van der Waals surface area contributed by atoms with Crippen LogP contribution in [0.25, 0.3) is 0 Å². The van der Waals surface area contributed by atoms with Crippen molar-refractivity contribution >= 4 is 29.9 Å². The van der Waals surface area contributed by atoms with Gasteiger partial charge < -0.3 is 19.7 Å². The van der Waals surface area contributed by atoms with Crippen molar-refractivity contribution in [2.45, 2.75) is 43.7 Å². The number of morpholine rings is 2. The van der Waals surface area contributed by atoms with E-state index in [1.54, 1.807) is 0 Å². The van der Waals surface area contributed by atoms with Crippen LogP contribution in [0.2, 0.25) is 0 Å². The fraction of sp³-hybridized carbons (Fsp3) is 0.696. The molecule has 1 N–H and O–H groups in total. The zero-order valence-corrected chi connectivity index (χ0v) is 20.8. The fourth-order valence-electron chi connectivity index (χ4n) is 5.49. The third-order valence-electron chi connectivity index (χ3n) is 7.11. The van der Waals surface area contributed by atoms with Crippen molar-refractivity contribution in [3.8, 4) is 0 Å². The highest BCUT2D eigenvalue weighted by Crippen LogP contribution is 2.25. The minimum atomic E-state index is 0. The Hall–Kier alpha value is -0.940. The SMILES string of the molecule is CN=C(NCC1CN2CCCC2CO1)N1CC2OCCN(Cc3ccccc3)C2C1.I. The van der Waals surface area contributed by atoms with E-state index < -0.39 is 0 Å². The van der Waals surface area contributed by atoms with Gasteiger partial charge in [-0.05, 0) is 24.9 Å². The molecule has 4 heterocycles. The first-order valence-electron chi connectivity index (χ1n) is 11.5. The van der Waals surface area contributed by atoms with E-state index in [1.807, 2.05) is 7.05 Å². The van der Waals surface area contributed by atoms with Crippen LogP contribution >= 0.6 is 24.0 Å². The normalized spacial score (nSPS) is 31.8. The Kier molecular flexibility index (Phi) is 8.08. The van der Waals surface area contributed by atoms with Gasteiger partial charge in [0.15, 0.2) is 5.96 Å². The minimum absolute atomic E-state index is 0. The molecule has 4 aliphatic rings. The van der Waals surface area contributed by atoms with E-state index in [2.05, 4.69) is 55.3 Å². The highest BCUT2D eigenvalue weighted by molar-refractivity contribution is 14.0. The Morgan fingerprint density at radius 3 is 2.84 bits per heavy atom. The number of nitrogens with one attached hydrogen (secondary N) is 1. The number of guanidine groups is 1. The molecule has 172 valence electrons. The summed E-state index contributed by atoms with van der Waals surface area (Å²) in [7, 11) is 1.88. The van der Waals surface area contributed by atoms with E-state index in [4.69, 9.17) is 9.47 Å². The Morgan fingerprint density at radius 2 is 2.00 bits per heavy atom. The summed E-state index contributed by atoms with van der Waals surface area (Å²) >= 11 is 0. The third kappa shape index (κ3) is 5.35. The molecule has 0 bridgehead atoms. The van der Waals surface area contributed by atoms with Gasteiger partial charge >= 0.3 is 0 Å². The smallest absolute Gasteiger partial charge is 0.193 e. The molecule has 4 saturated heterocycles. The van der Waals surface area contributed by atoms with Crippen molar-refractivity contribution in [3.05, 3.63) is 35.9 Å². The average Bonchev–Trinajstić information content (AvgIpc) is 3.42. The number of hydrogen-bond donors (Lipinski definition) is 1. The van der Waals surface area contributed by atoms with Gasteiger partial charge in [0.05, 0.1) is 31.5 Å². The summed E-state index contributed by atoms with van der Waals surface area (Å²) in [5.41, 5.74) is 1.37. The molecule has 0 saturated carbocycles. The van der Waals surface area contributed by atoms with E-state index in [9.17, 15) is 0 Å². The molecule has 31 heavy (non-hydrogen) atoms. The van der Waals surface area contributed by atoms with E-state index in [0.29, 0.717) is 12.1 Å². The second kappa shape index (κ2) is 10.8. The summed E-state index contributed by atoms with van der Waals surface area (Å²) in [5, 5.41) is 3.59. The summed E-state index contributed by atoms with van der Waals surface area (Å²) in [6.45, 7) is 8.59. The molecular weight excluding hydrogens is 505 g/mol. The van der Waals surface area contributed by atoms with Crippen LogP contribution in [0.4, 0.5) is 0 Å². The molecule has 0 aliphatic carbocycles. The van der Waals surface area contributed by atoms with Crippen LogP contribution < -0.4 is 5.32 Å². The zero-order chi connectivity index (χ0) is 20.3. The molecule has 7 nitrogen and oxygen atoms in total. The Bertz CT molecular complexity index is 736. The van der Waals surface area contributed by atoms with Crippen molar-refractivity contribution in [2.75, 3.05) is 59.5 Å². The van der Waals surface area contributed by atoms with Gasteiger partial charge in [-0.15, -0.1) is 24.0 Å². The lowest BCUT2D eigenvalue weighted by Crippen LogP contribution is -2.52. The second-order valence-corrected chi connectivity index (χ2v) is 9.01. The average molecular weight is 541 g/mol. The molecule has 4 fully saturated rings. The molecule has 4 aliphatic heterocycles. The van der Waals surface area contributed by atoms with Crippen LogP contribution in [0, 0.1) is 0 Å². The van der Waals surface area contributed by atoms with Gasteiger partial charge in [-0.3, -0.25) is 14.8 Å². The predicted molar refractivity (Wildman–Crippen MR) is 133 cm³/mol. The summed E-state index contributed by atoms with van der Waals surface area (Å²) in [6.07, 6.45) is 3.09. The summed E-state index contributed by atoms with van der Waals surface area (Å²) < 4.78 is 12.3. The van der Waals surface area contributed by atoms with Gasteiger partial charge in [0.25, 0.3) is 0 Å². The number of hydrogen-bond acceptors (Lipinski definition) is 5. The maximum atomic E-state index is 6.14. The monoisotopic (exact) mass is 541 g/mol. The van der Waals surface area contributed by atoms with Crippen LogP contribution in [-0.4, -0.2) is 104 Å². The minimum Gasteiger partial charge on any atom is -0.373 e. The summed E-state index contributed by atoms with van der Waals surface area (Å²) in [5.74, 6) is 0.972. The largest absolute Gasteiger partial charge is 0.373 e. The lowest BCUT2D eigenvalue weighted by molar-refractivity contribution is -0.0502. The number of halogens is 1. The highest BCUT2D eigenvalue weighted by atomic mass is 127. The molecule has 8 heteroatoms. The number of rotatable bonds is 4. The number of ether oxygens (including phenoxy) is 2. The second-order valence-electron chi connectivity index (χ2n) is 9.01. The number of benzene rings is 1. The number of nitrogens with zero attached hydrogens (tertiary/aromatic N) is 4. The van der Waals surface area contributed by atoms with E-state index >= 15 is 0 Å². The van der Waals surface area contributed by atoms with Gasteiger partial charge in [0, 0.05) is 52.4 Å².